The highest BCUT2D eigenvalue weighted by Crippen LogP contribution is 2.39. The largest absolute Gasteiger partial charge is 0.598 e. The summed E-state index contributed by atoms with van der Waals surface area (Å²) in [6, 6.07) is 11.5. The van der Waals surface area contributed by atoms with E-state index in [-0.39, 0.29) is 24.0 Å². The molecule has 1 saturated carbocycles. The smallest absolute Gasteiger partial charge is 0.433 e. The molecule has 0 aliphatic heterocycles. The van der Waals surface area contributed by atoms with Gasteiger partial charge in [-0.3, -0.25) is 4.98 Å². The summed E-state index contributed by atoms with van der Waals surface area (Å²) >= 11 is -1.34. The van der Waals surface area contributed by atoms with Crippen molar-refractivity contribution in [3.8, 4) is 17.2 Å². The molecular weight excluding hydrogens is 517 g/mol. The van der Waals surface area contributed by atoms with Crippen molar-refractivity contribution in [1.82, 2.24) is 29.5 Å². The van der Waals surface area contributed by atoms with Gasteiger partial charge in [-0.05, 0) is 63.8 Å². The van der Waals surface area contributed by atoms with Gasteiger partial charge in [0, 0.05) is 28.5 Å². The Hall–Kier alpha value is -3.06. The lowest BCUT2D eigenvalue weighted by Crippen LogP contribution is -2.46. The molecule has 1 aliphatic rings. The number of pyridine rings is 1. The van der Waals surface area contributed by atoms with Gasteiger partial charge in [-0.15, -0.1) is 4.72 Å². The number of aliphatic hydroxyl groups excluding tert-OH is 1. The third-order valence-corrected chi connectivity index (χ3v) is 8.07. The minimum atomic E-state index is -4.60. The average molecular weight is 545 g/mol. The van der Waals surface area contributed by atoms with E-state index >= 15 is 0 Å². The first-order valence-corrected chi connectivity index (χ1v) is 13.3. The Balaban J connectivity index is 1.51. The standard InChI is InChI=1S/C26H27F3N6O2S/c1-25(2,3)38(37)34-23(17-11-18(36)12-17)20-6-4-5-19(32-20)15-7-8-16-14-31-35(21(16)13-15)24-30-10-9-22(33-24)26(27,28)29/h4-10,13-14,17-18,23,34,36H,11-12H2,1-3H3/t17?,18?,23-,38?/m0/s1. The topological polar surface area (TPSA) is 112 Å². The fourth-order valence-electron chi connectivity index (χ4n) is 4.32. The van der Waals surface area contributed by atoms with E-state index < -0.39 is 28.0 Å². The Kier molecular flexibility index (Phi) is 6.93. The molecule has 1 fully saturated rings. The molecule has 12 heteroatoms. The molecule has 2 N–H and O–H groups in total. The molecule has 3 heterocycles. The zero-order valence-corrected chi connectivity index (χ0v) is 21.8. The molecule has 38 heavy (non-hydrogen) atoms. The van der Waals surface area contributed by atoms with E-state index in [4.69, 9.17) is 4.98 Å². The number of halogens is 3. The van der Waals surface area contributed by atoms with Gasteiger partial charge in [0.1, 0.15) is 10.4 Å². The summed E-state index contributed by atoms with van der Waals surface area (Å²) in [5.74, 6) is -0.104. The van der Waals surface area contributed by atoms with Crippen molar-refractivity contribution in [3.63, 3.8) is 0 Å². The van der Waals surface area contributed by atoms with Gasteiger partial charge < -0.3 is 9.66 Å². The van der Waals surface area contributed by atoms with E-state index in [9.17, 15) is 22.8 Å². The Labute approximate surface area is 220 Å². The Morgan fingerprint density at radius 3 is 2.55 bits per heavy atom. The maximum atomic E-state index is 13.2. The molecule has 0 amide bonds. The number of benzene rings is 1. The van der Waals surface area contributed by atoms with Crippen molar-refractivity contribution >= 4 is 22.3 Å². The number of nitrogens with zero attached hydrogens (tertiary/aromatic N) is 5. The monoisotopic (exact) mass is 544 g/mol. The number of nitrogens with one attached hydrogen (secondary N) is 1. The van der Waals surface area contributed by atoms with Crippen LogP contribution in [0.1, 0.15) is 51.0 Å². The third-order valence-electron chi connectivity index (χ3n) is 6.49. The number of aliphatic hydroxyl groups is 1. The van der Waals surface area contributed by atoms with Crippen LogP contribution in [0.2, 0.25) is 0 Å². The number of rotatable bonds is 6. The average Bonchev–Trinajstić information content (AvgIpc) is 3.28. The number of hydrogen-bond acceptors (Lipinski definition) is 7. The minimum absolute atomic E-state index is 0.0843. The van der Waals surface area contributed by atoms with Crippen molar-refractivity contribution in [3.05, 3.63) is 66.2 Å². The predicted molar refractivity (Wildman–Crippen MR) is 137 cm³/mol. The van der Waals surface area contributed by atoms with Crippen molar-refractivity contribution in [2.45, 2.75) is 56.7 Å². The molecule has 4 aromatic rings. The molecule has 1 unspecified atom stereocenters. The van der Waals surface area contributed by atoms with Crippen LogP contribution in [0.15, 0.2) is 54.9 Å². The molecule has 8 nitrogen and oxygen atoms in total. The van der Waals surface area contributed by atoms with Gasteiger partial charge in [0.25, 0.3) is 5.95 Å². The van der Waals surface area contributed by atoms with Crippen LogP contribution in [0.3, 0.4) is 0 Å². The summed E-state index contributed by atoms with van der Waals surface area (Å²) in [4.78, 5) is 12.5. The summed E-state index contributed by atoms with van der Waals surface area (Å²) in [5.41, 5.74) is 1.53. The SMILES string of the molecule is CC(C)(C)[S+]([O-])N[C@H](c1cccc(-c2ccc3cnn(-c4nccc(C(F)(F)F)n4)c3c2)n1)C1CC(O)C1. The van der Waals surface area contributed by atoms with Gasteiger partial charge >= 0.3 is 6.18 Å². The number of alkyl halides is 3. The molecule has 3 aromatic heterocycles. The molecule has 200 valence electrons. The molecular formula is C26H27F3N6O2S. The van der Waals surface area contributed by atoms with Crippen LogP contribution in [-0.4, -0.2) is 45.2 Å². The van der Waals surface area contributed by atoms with Crippen molar-refractivity contribution in [2.75, 3.05) is 0 Å². The van der Waals surface area contributed by atoms with E-state index in [0.717, 1.165) is 17.8 Å². The van der Waals surface area contributed by atoms with Crippen LogP contribution in [0.4, 0.5) is 13.2 Å². The number of fused-ring (bicyclic) bond motifs is 1. The Morgan fingerprint density at radius 2 is 1.87 bits per heavy atom. The summed E-state index contributed by atoms with van der Waals surface area (Å²) in [7, 11) is 0. The molecule has 1 aromatic carbocycles. The highest BCUT2D eigenvalue weighted by molar-refractivity contribution is 7.90. The zero-order chi connectivity index (χ0) is 27.2. The first kappa shape index (κ1) is 26.5. The Morgan fingerprint density at radius 1 is 1.11 bits per heavy atom. The normalized spacial score (nSPS) is 19.8. The maximum Gasteiger partial charge on any atom is 0.433 e. The first-order chi connectivity index (χ1) is 17.9. The molecule has 5 rings (SSSR count). The van der Waals surface area contributed by atoms with Crippen LogP contribution in [0.5, 0.6) is 0 Å². The van der Waals surface area contributed by atoms with Crippen LogP contribution >= 0.6 is 0 Å². The highest BCUT2D eigenvalue weighted by atomic mass is 32.2. The van der Waals surface area contributed by atoms with E-state index in [2.05, 4.69) is 19.8 Å². The van der Waals surface area contributed by atoms with E-state index in [0.29, 0.717) is 35.1 Å². The zero-order valence-electron chi connectivity index (χ0n) is 21.0. The second kappa shape index (κ2) is 9.92. The second-order valence-electron chi connectivity index (χ2n) is 10.4. The molecule has 0 radical (unpaired) electrons. The minimum Gasteiger partial charge on any atom is -0.598 e. The van der Waals surface area contributed by atoms with Gasteiger partial charge in [0.2, 0.25) is 0 Å². The Bertz CT molecular complexity index is 1450. The summed E-state index contributed by atoms with van der Waals surface area (Å²) in [6.45, 7) is 5.66. The summed E-state index contributed by atoms with van der Waals surface area (Å²) in [5, 5.41) is 14.8. The summed E-state index contributed by atoms with van der Waals surface area (Å²) in [6.07, 6.45) is -1.21. The molecule has 0 saturated heterocycles. The lowest BCUT2D eigenvalue weighted by Gasteiger charge is -2.38. The van der Waals surface area contributed by atoms with Gasteiger partial charge in [-0.1, -0.05) is 18.2 Å². The number of aromatic nitrogens is 5. The quantitative estimate of drug-likeness (QED) is 0.337. The van der Waals surface area contributed by atoms with Crippen LogP contribution in [0.25, 0.3) is 28.1 Å². The lowest BCUT2D eigenvalue weighted by molar-refractivity contribution is -0.141. The van der Waals surface area contributed by atoms with Crippen molar-refractivity contribution in [2.24, 2.45) is 5.92 Å². The third kappa shape index (κ3) is 5.39. The number of hydrogen-bond donors (Lipinski definition) is 2. The van der Waals surface area contributed by atoms with Crippen LogP contribution in [-0.2, 0) is 17.5 Å². The lowest BCUT2D eigenvalue weighted by atomic mass is 9.76. The van der Waals surface area contributed by atoms with E-state index in [1.807, 2.05) is 51.1 Å². The van der Waals surface area contributed by atoms with Crippen molar-refractivity contribution < 1.29 is 22.8 Å². The highest BCUT2D eigenvalue weighted by Gasteiger charge is 2.40. The summed E-state index contributed by atoms with van der Waals surface area (Å²) < 4.78 is 56.5. The van der Waals surface area contributed by atoms with E-state index in [1.54, 1.807) is 6.07 Å². The van der Waals surface area contributed by atoms with Gasteiger partial charge in [-0.2, -0.15) is 23.0 Å². The molecule has 1 aliphatic carbocycles. The van der Waals surface area contributed by atoms with Crippen LogP contribution in [0, 0.1) is 5.92 Å². The van der Waals surface area contributed by atoms with E-state index in [1.165, 1.54) is 10.9 Å². The van der Waals surface area contributed by atoms with Crippen LogP contribution < -0.4 is 4.72 Å². The van der Waals surface area contributed by atoms with Gasteiger partial charge in [-0.25, -0.2) is 9.97 Å². The fraction of sp³-hybridized carbons (Fsp3) is 0.385. The van der Waals surface area contributed by atoms with Gasteiger partial charge in [0.15, 0.2) is 0 Å². The molecule has 0 spiro atoms. The molecule has 0 bridgehead atoms. The first-order valence-electron chi connectivity index (χ1n) is 12.1. The maximum absolute atomic E-state index is 13.2. The predicted octanol–water partition coefficient (Wildman–Crippen LogP) is 4.76. The molecule has 2 atom stereocenters. The van der Waals surface area contributed by atoms with Crippen molar-refractivity contribution in [1.29, 1.82) is 0 Å². The second-order valence-corrected chi connectivity index (χ2v) is 12.4. The fourth-order valence-corrected chi connectivity index (χ4v) is 5.22. The van der Waals surface area contributed by atoms with Gasteiger partial charge in [0.05, 0.1) is 35.2 Å².